The third-order valence-electron chi connectivity index (χ3n) is 4.43. The van der Waals surface area contributed by atoms with Gasteiger partial charge in [-0.3, -0.25) is 4.98 Å². The predicted molar refractivity (Wildman–Crippen MR) is 73.5 cm³/mol. The molecule has 2 unspecified atom stereocenters. The van der Waals surface area contributed by atoms with Crippen LogP contribution in [0.5, 0.6) is 0 Å². The van der Waals surface area contributed by atoms with E-state index in [1.54, 1.807) is 0 Å². The molecule has 0 radical (unpaired) electrons. The van der Waals surface area contributed by atoms with Gasteiger partial charge in [0.05, 0.1) is 11.7 Å². The van der Waals surface area contributed by atoms with E-state index in [2.05, 4.69) is 34.3 Å². The first kappa shape index (κ1) is 12.1. The number of hydrogen-bond acceptors (Lipinski definition) is 3. The fraction of sp³-hybridized carbons (Fsp3) is 0.667. The molecule has 0 saturated carbocycles. The van der Waals surface area contributed by atoms with Gasteiger partial charge in [0.1, 0.15) is 0 Å². The van der Waals surface area contributed by atoms with Crippen molar-refractivity contribution in [2.24, 2.45) is 5.92 Å². The number of aryl methyl sites for hydroxylation is 1. The second-order valence-electron chi connectivity index (χ2n) is 5.60. The second kappa shape index (κ2) is 5.37. The van der Waals surface area contributed by atoms with Crippen LogP contribution in [-0.4, -0.2) is 36.1 Å². The van der Waals surface area contributed by atoms with Crippen molar-refractivity contribution in [2.75, 3.05) is 26.2 Å². The van der Waals surface area contributed by atoms with Gasteiger partial charge >= 0.3 is 0 Å². The molecule has 3 rings (SSSR count). The Morgan fingerprint density at radius 1 is 1.44 bits per heavy atom. The lowest BCUT2D eigenvalue weighted by atomic mass is 10.1. The van der Waals surface area contributed by atoms with Crippen molar-refractivity contribution in [3.8, 4) is 0 Å². The summed E-state index contributed by atoms with van der Waals surface area (Å²) in [6.45, 7) is 7.15. The summed E-state index contributed by atoms with van der Waals surface area (Å²) < 4.78 is 0. The molecule has 18 heavy (non-hydrogen) atoms. The summed E-state index contributed by atoms with van der Waals surface area (Å²) >= 11 is 0. The number of likely N-dealkylation sites (tertiary alicyclic amines) is 1. The summed E-state index contributed by atoms with van der Waals surface area (Å²) in [4.78, 5) is 7.09. The third kappa shape index (κ3) is 2.43. The number of nitrogens with one attached hydrogen (secondary N) is 1. The molecule has 0 amide bonds. The van der Waals surface area contributed by atoms with Crippen LogP contribution in [0.15, 0.2) is 18.3 Å². The molecule has 2 atom stereocenters. The van der Waals surface area contributed by atoms with Gasteiger partial charge in [0.15, 0.2) is 0 Å². The molecule has 3 nitrogen and oxygen atoms in total. The third-order valence-corrected chi connectivity index (χ3v) is 4.43. The lowest BCUT2D eigenvalue weighted by Gasteiger charge is -2.17. The fourth-order valence-electron chi connectivity index (χ4n) is 3.29. The molecule has 0 bridgehead atoms. The summed E-state index contributed by atoms with van der Waals surface area (Å²) in [5, 5.41) is 3.74. The van der Waals surface area contributed by atoms with E-state index >= 15 is 0 Å². The van der Waals surface area contributed by atoms with Gasteiger partial charge in [-0.1, -0.05) is 13.0 Å². The highest BCUT2D eigenvalue weighted by atomic mass is 15.1. The molecule has 1 saturated heterocycles. The van der Waals surface area contributed by atoms with Crippen molar-refractivity contribution in [1.82, 2.24) is 15.2 Å². The average molecular weight is 245 g/mol. The standard InChI is InChI=1S/C15H23N3/c1-2-18-9-7-12(11-18)10-17-14-6-5-13-4-3-8-16-15(13)14/h3-4,8,12,14,17H,2,5-7,9-11H2,1H3. The second-order valence-corrected chi connectivity index (χ2v) is 5.60. The van der Waals surface area contributed by atoms with Crippen LogP contribution in [0.2, 0.25) is 0 Å². The molecule has 1 aromatic heterocycles. The molecule has 3 heteroatoms. The van der Waals surface area contributed by atoms with Gasteiger partial charge in [-0.05, 0) is 56.4 Å². The van der Waals surface area contributed by atoms with Gasteiger partial charge in [-0.15, -0.1) is 0 Å². The number of pyridine rings is 1. The number of hydrogen-bond donors (Lipinski definition) is 1. The molecular formula is C15H23N3. The first-order valence-electron chi connectivity index (χ1n) is 7.26. The summed E-state index contributed by atoms with van der Waals surface area (Å²) in [5.41, 5.74) is 2.74. The minimum absolute atomic E-state index is 0.497. The van der Waals surface area contributed by atoms with Crippen LogP contribution < -0.4 is 5.32 Å². The van der Waals surface area contributed by atoms with E-state index in [4.69, 9.17) is 0 Å². The Hall–Kier alpha value is -0.930. The molecule has 1 fully saturated rings. The Morgan fingerprint density at radius 3 is 3.22 bits per heavy atom. The zero-order valence-electron chi connectivity index (χ0n) is 11.2. The number of aromatic nitrogens is 1. The monoisotopic (exact) mass is 245 g/mol. The Kier molecular flexibility index (Phi) is 3.62. The molecule has 0 aromatic carbocycles. The minimum atomic E-state index is 0.497. The number of fused-ring (bicyclic) bond motifs is 1. The lowest BCUT2D eigenvalue weighted by Crippen LogP contribution is -2.28. The fourth-order valence-corrected chi connectivity index (χ4v) is 3.29. The first-order valence-corrected chi connectivity index (χ1v) is 7.26. The SMILES string of the molecule is CCN1CCC(CNC2CCc3cccnc32)C1. The maximum absolute atomic E-state index is 4.54. The van der Waals surface area contributed by atoms with Gasteiger partial charge in [0, 0.05) is 12.7 Å². The van der Waals surface area contributed by atoms with E-state index in [1.807, 2.05) is 6.20 Å². The van der Waals surface area contributed by atoms with Crippen molar-refractivity contribution >= 4 is 0 Å². The number of rotatable bonds is 4. The smallest absolute Gasteiger partial charge is 0.0605 e. The van der Waals surface area contributed by atoms with Gasteiger partial charge in [0.25, 0.3) is 0 Å². The molecule has 1 aromatic rings. The summed E-state index contributed by atoms with van der Waals surface area (Å²) in [5.74, 6) is 0.831. The van der Waals surface area contributed by atoms with Crippen LogP contribution in [0.3, 0.4) is 0 Å². The van der Waals surface area contributed by atoms with E-state index in [9.17, 15) is 0 Å². The van der Waals surface area contributed by atoms with E-state index in [0.717, 1.165) is 12.5 Å². The number of nitrogens with zero attached hydrogens (tertiary/aromatic N) is 2. The maximum atomic E-state index is 4.54. The molecule has 0 spiro atoms. The van der Waals surface area contributed by atoms with Crippen LogP contribution >= 0.6 is 0 Å². The van der Waals surface area contributed by atoms with E-state index in [0.29, 0.717) is 6.04 Å². The van der Waals surface area contributed by atoms with E-state index in [-0.39, 0.29) is 0 Å². The average Bonchev–Trinajstić information content (AvgIpc) is 3.03. The maximum Gasteiger partial charge on any atom is 0.0605 e. The van der Waals surface area contributed by atoms with Gasteiger partial charge in [0.2, 0.25) is 0 Å². The molecule has 98 valence electrons. The zero-order valence-corrected chi connectivity index (χ0v) is 11.2. The van der Waals surface area contributed by atoms with Crippen molar-refractivity contribution in [2.45, 2.75) is 32.2 Å². The quantitative estimate of drug-likeness (QED) is 0.879. The summed E-state index contributed by atoms with van der Waals surface area (Å²) in [6.07, 6.45) is 5.68. The van der Waals surface area contributed by atoms with Crippen LogP contribution in [0.25, 0.3) is 0 Å². The largest absolute Gasteiger partial charge is 0.308 e. The normalized spacial score (nSPS) is 27.6. The van der Waals surface area contributed by atoms with Crippen LogP contribution in [0, 0.1) is 5.92 Å². The molecular weight excluding hydrogens is 222 g/mol. The van der Waals surface area contributed by atoms with E-state index in [1.165, 1.54) is 50.2 Å². The summed E-state index contributed by atoms with van der Waals surface area (Å²) in [7, 11) is 0. The van der Waals surface area contributed by atoms with Gasteiger partial charge in [-0.25, -0.2) is 0 Å². The Bertz CT molecular complexity index is 404. The topological polar surface area (TPSA) is 28.2 Å². The molecule has 2 heterocycles. The highest BCUT2D eigenvalue weighted by Gasteiger charge is 2.26. The summed E-state index contributed by atoms with van der Waals surface area (Å²) in [6, 6.07) is 4.77. The Morgan fingerprint density at radius 2 is 2.39 bits per heavy atom. The minimum Gasteiger partial charge on any atom is -0.308 e. The first-order chi connectivity index (χ1) is 8.86. The van der Waals surface area contributed by atoms with Crippen LogP contribution in [0.4, 0.5) is 0 Å². The highest BCUT2D eigenvalue weighted by Crippen LogP contribution is 2.29. The van der Waals surface area contributed by atoms with Crippen molar-refractivity contribution in [3.63, 3.8) is 0 Å². The zero-order chi connectivity index (χ0) is 12.4. The van der Waals surface area contributed by atoms with Crippen molar-refractivity contribution in [1.29, 1.82) is 0 Å². The van der Waals surface area contributed by atoms with Crippen LogP contribution in [-0.2, 0) is 6.42 Å². The molecule has 1 aliphatic carbocycles. The van der Waals surface area contributed by atoms with Crippen molar-refractivity contribution in [3.05, 3.63) is 29.6 Å². The lowest BCUT2D eigenvalue weighted by molar-refractivity contribution is 0.334. The Labute approximate surface area is 110 Å². The van der Waals surface area contributed by atoms with E-state index < -0.39 is 0 Å². The molecule has 2 aliphatic rings. The van der Waals surface area contributed by atoms with Crippen LogP contribution in [0.1, 0.15) is 37.1 Å². The van der Waals surface area contributed by atoms with Gasteiger partial charge in [-0.2, -0.15) is 0 Å². The highest BCUT2D eigenvalue weighted by molar-refractivity contribution is 5.27. The van der Waals surface area contributed by atoms with Crippen molar-refractivity contribution < 1.29 is 0 Å². The van der Waals surface area contributed by atoms with Gasteiger partial charge < -0.3 is 10.2 Å². The Balaban J connectivity index is 1.53. The molecule has 1 N–H and O–H groups in total. The molecule has 1 aliphatic heterocycles. The predicted octanol–water partition coefficient (Wildman–Crippen LogP) is 2.00.